The van der Waals surface area contributed by atoms with Gasteiger partial charge in [0.05, 0.1) is 16.3 Å². The van der Waals surface area contributed by atoms with Crippen LogP contribution in [-0.4, -0.2) is 20.7 Å². The van der Waals surface area contributed by atoms with Crippen LogP contribution < -0.4 is 10.0 Å². The summed E-state index contributed by atoms with van der Waals surface area (Å²) < 4.78 is 25.4. The minimum atomic E-state index is -2.84. The Bertz CT molecular complexity index is 860. The molecule has 0 fully saturated rings. The molecule has 0 spiro atoms. The maximum Gasteiger partial charge on any atom is 0.222 e. The van der Waals surface area contributed by atoms with Crippen molar-refractivity contribution in [1.82, 2.24) is 0 Å². The third-order valence-corrected chi connectivity index (χ3v) is 6.01. The van der Waals surface area contributed by atoms with Gasteiger partial charge in [0.25, 0.3) is 0 Å². The van der Waals surface area contributed by atoms with Crippen molar-refractivity contribution in [3.8, 4) is 0 Å². The molecule has 29 heavy (non-hydrogen) atoms. The number of anilines is 2. The molecule has 7 heteroatoms. The number of thiol groups is 1. The van der Waals surface area contributed by atoms with Crippen LogP contribution in [0.1, 0.15) is 62.7 Å². The Hall–Kier alpha value is -1.99. The number of unbranched alkanes of at least 4 members (excludes halogenated alkanes) is 3. The number of rotatable bonds is 13. The first-order chi connectivity index (χ1) is 14.0. The molecular formula is C22H30N2O3S2. The zero-order valence-corrected chi connectivity index (χ0v) is 18.8. The van der Waals surface area contributed by atoms with E-state index in [-0.39, 0.29) is 5.78 Å². The molecule has 0 bridgehead atoms. The van der Waals surface area contributed by atoms with Crippen molar-refractivity contribution in [3.05, 3.63) is 48.0 Å². The molecule has 2 rings (SSSR count). The molecule has 0 aromatic heterocycles. The first-order valence-corrected chi connectivity index (χ1v) is 12.1. The SMILES string of the molecule is CCCCCC(=O)c1cc(NCCCC)c(Sc2ccccc2)c(N[SH](=O)=O)c1. The van der Waals surface area contributed by atoms with Gasteiger partial charge in [0, 0.05) is 23.4 Å². The molecule has 0 amide bonds. The highest BCUT2D eigenvalue weighted by Crippen LogP contribution is 2.40. The second kappa shape index (κ2) is 12.5. The summed E-state index contributed by atoms with van der Waals surface area (Å²) in [5.74, 6) is 0.0393. The predicted molar refractivity (Wildman–Crippen MR) is 123 cm³/mol. The summed E-state index contributed by atoms with van der Waals surface area (Å²) in [6.07, 6.45) is 5.40. The topological polar surface area (TPSA) is 75.3 Å². The van der Waals surface area contributed by atoms with Gasteiger partial charge in [-0.25, -0.2) is 8.42 Å². The Morgan fingerprint density at radius 1 is 0.966 bits per heavy atom. The summed E-state index contributed by atoms with van der Waals surface area (Å²) in [5.41, 5.74) is 1.76. The summed E-state index contributed by atoms with van der Waals surface area (Å²) in [5, 5.41) is 3.40. The van der Waals surface area contributed by atoms with Gasteiger partial charge in [0.15, 0.2) is 5.78 Å². The molecule has 0 aliphatic carbocycles. The molecule has 0 aliphatic heterocycles. The van der Waals surface area contributed by atoms with Crippen molar-refractivity contribution in [3.63, 3.8) is 0 Å². The van der Waals surface area contributed by atoms with Crippen LogP contribution in [0.5, 0.6) is 0 Å². The lowest BCUT2D eigenvalue weighted by molar-refractivity contribution is 0.0979. The molecule has 0 saturated heterocycles. The standard InChI is InChI=1S/C22H30N2O3S2/c1-3-5-8-13-21(25)17-15-19(23-14-6-4-2)22(20(16-17)24-29(26)27)28-18-11-9-7-10-12-18/h7,9-12,15-16,23,29H,3-6,8,13-14H2,1-2H3,(H,24,26,27). The first-order valence-electron chi connectivity index (χ1n) is 10.1. The fraction of sp³-hybridized carbons (Fsp3) is 0.409. The van der Waals surface area contributed by atoms with Gasteiger partial charge >= 0.3 is 0 Å². The summed E-state index contributed by atoms with van der Waals surface area (Å²) in [4.78, 5) is 14.5. The van der Waals surface area contributed by atoms with Crippen LogP contribution in [0, 0.1) is 0 Å². The van der Waals surface area contributed by atoms with Crippen molar-refractivity contribution in [2.24, 2.45) is 0 Å². The van der Waals surface area contributed by atoms with E-state index in [1.54, 1.807) is 6.07 Å². The normalized spacial score (nSPS) is 10.9. The molecule has 0 atom stereocenters. The average Bonchev–Trinajstić information content (AvgIpc) is 2.70. The molecule has 2 N–H and O–H groups in total. The number of carbonyl (C=O) groups is 1. The van der Waals surface area contributed by atoms with Crippen LogP contribution in [0.4, 0.5) is 11.4 Å². The van der Waals surface area contributed by atoms with Crippen LogP contribution in [0.15, 0.2) is 52.3 Å². The zero-order valence-electron chi connectivity index (χ0n) is 17.1. The van der Waals surface area contributed by atoms with Gasteiger partial charge in [0.1, 0.15) is 0 Å². The third kappa shape index (κ3) is 7.74. The Labute approximate surface area is 179 Å². The highest BCUT2D eigenvalue weighted by molar-refractivity contribution is 7.99. The maximum atomic E-state index is 12.7. The summed E-state index contributed by atoms with van der Waals surface area (Å²) in [7, 11) is -2.84. The summed E-state index contributed by atoms with van der Waals surface area (Å²) in [6.45, 7) is 4.97. The van der Waals surface area contributed by atoms with Crippen molar-refractivity contribution in [2.45, 2.75) is 62.2 Å². The van der Waals surface area contributed by atoms with E-state index in [9.17, 15) is 13.2 Å². The van der Waals surface area contributed by atoms with E-state index in [1.165, 1.54) is 11.8 Å². The molecule has 0 unspecified atom stereocenters. The molecule has 2 aromatic rings. The molecule has 2 aromatic carbocycles. The highest BCUT2D eigenvalue weighted by atomic mass is 32.2. The van der Waals surface area contributed by atoms with E-state index in [0.29, 0.717) is 17.7 Å². The van der Waals surface area contributed by atoms with E-state index < -0.39 is 10.9 Å². The number of hydrogen-bond donors (Lipinski definition) is 3. The average molecular weight is 435 g/mol. The first kappa shape index (κ1) is 23.3. The minimum absolute atomic E-state index is 0.0393. The van der Waals surface area contributed by atoms with E-state index in [0.717, 1.165) is 54.1 Å². The fourth-order valence-electron chi connectivity index (χ4n) is 2.90. The third-order valence-electron chi connectivity index (χ3n) is 4.44. The second-order valence-corrected chi connectivity index (χ2v) is 8.67. The number of ketones is 1. The van der Waals surface area contributed by atoms with E-state index in [1.807, 2.05) is 36.4 Å². The second-order valence-electron chi connectivity index (χ2n) is 6.85. The van der Waals surface area contributed by atoms with Crippen LogP contribution in [0.25, 0.3) is 0 Å². The number of hydrogen-bond acceptors (Lipinski definition) is 5. The highest BCUT2D eigenvalue weighted by Gasteiger charge is 2.16. The smallest absolute Gasteiger partial charge is 0.222 e. The lowest BCUT2D eigenvalue weighted by Gasteiger charge is -2.17. The van der Waals surface area contributed by atoms with Crippen molar-refractivity contribution in [1.29, 1.82) is 0 Å². The Kier molecular flexibility index (Phi) is 10.1. The Morgan fingerprint density at radius 2 is 1.66 bits per heavy atom. The van der Waals surface area contributed by atoms with E-state index >= 15 is 0 Å². The van der Waals surface area contributed by atoms with Crippen molar-refractivity contribution < 1.29 is 13.2 Å². The Balaban J connectivity index is 2.44. The molecule has 0 saturated carbocycles. The van der Waals surface area contributed by atoms with Crippen LogP contribution in [0.2, 0.25) is 0 Å². The van der Waals surface area contributed by atoms with Gasteiger partial charge in [-0.15, -0.1) is 0 Å². The summed E-state index contributed by atoms with van der Waals surface area (Å²) in [6, 6.07) is 13.3. The van der Waals surface area contributed by atoms with E-state index in [4.69, 9.17) is 0 Å². The number of carbonyl (C=O) groups excluding carboxylic acids is 1. The van der Waals surface area contributed by atoms with Gasteiger partial charge in [-0.3, -0.25) is 9.52 Å². The number of benzene rings is 2. The van der Waals surface area contributed by atoms with Crippen LogP contribution in [-0.2, 0) is 10.9 Å². The quantitative estimate of drug-likeness (QED) is 0.213. The molecule has 0 heterocycles. The monoisotopic (exact) mass is 434 g/mol. The molecule has 5 nitrogen and oxygen atoms in total. The lowest BCUT2D eigenvalue weighted by atomic mass is 10.0. The van der Waals surface area contributed by atoms with Gasteiger partial charge in [-0.05, 0) is 37.1 Å². The lowest BCUT2D eigenvalue weighted by Crippen LogP contribution is -2.08. The summed E-state index contributed by atoms with van der Waals surface area (Å²) >= 11 is 1.48. The zero-order chi connectivity index (χ0) is 21.1. The van der Waals surface area contributed by atoms with Crippen LogP contribution in [0.3, 0.4) is 0 Å². The Morgan fingerprint density at radius 3 is 2.31 bits per heavy atom. The maximum absolute atomic E-state index is 12.7. The molecule has 158 valence electrons. The van der Waals surface area contributed by atoms with Gasteiger partial charge in [-0.2, -0.15) is 0 Å². The molecule has 0 radical (unpaired) electrons. The minimum Gasteiger partial charge on any atom is -0.384 e. The van der Waals surface area contributed by atoms with Gasteiger partial charge < -0.3 is 5.32 Å². The molecular weight excluding hydrogens is 404 g/mol. The van der Waals surface area contributed by atoms with Gasteiger partial charge in [0.2, 0.25) is 10.9 Å². The van der Waals surface area contributed by atoms with E-state index in [2.05, 4.69) is 23.9 Å². The number of nitrogens with one attached hydrogen (secondary N) is 2. The van der Waals surface area contributed by atoms with Crippen molar-refractivity contribution in [2.75, 3.05) is 16.6 Å². The van der Waals surface area contributed by atoms with Crippen molar-refractivity contribution >= 4 is 39.8 Å². The number of Topliss-reactive ketones (excluding diaryl/α,β-unsaturated/α-hetero) is 1. The van der Waals surface area contributed by atoms with Crippen LogP contribution >= 0.6 is 11.8 Å². The largest absolute Gasteiger partial charge is 0.384 e. The fourth-order valence-corrected chi connectivity index (χ4v) is 4.34. The predicted octanol–water partition coefficient (Wildman–Crippen LogP) is 5.75. The van der Waals surface area contributed by atoms with Gasteiger partial charge in [-0.1, -0.05) is 63.1 Å². The molecule has 0 aliphatic rings.